The van der Waals surface area contributed by atoms with Gasteiger partial charge in [-0.05, 0) is 50.8 Å². The number of aliphatic hydroxyl groups excluding tert-OH is 1. The zero-order chi connectivity index (χ0) is 20.2. The van der Waals surface area contributed by atoms with Crippen molar-refractivity contribution in [2.45, 2.75) is 70.7 Å². The number of fused-ring (bicyclic) bond motifs is 1. The lowest BCUT2D eigenvalue weighted by Gasteiger charge is -2.29. The van der Waals surface area contributed by atoms with Gasteiger partial charge in [0.15, 0.2) is 0 Å². The van der Waals surface area contributed by atoms with Gasteiger partial charge in [-0.25, -0.2) is 4.98 Å². The molecule has 1 fully saturated rings. The molecule has 1 saturated heterocycles. The van der Waals surface area contributed by atoms with Crippen LogP contribution in [0, 0.1) is 0 Å². The number of benzene rings is 1. The summed E-state index contributed by atoms with van der Waals surface area (Å²) in [5.74, 6) is 0. The third-order valence-corrected chi connectivity index (χ3v) is 6.04. The highest BCUT2D eigenvalue weighted by Gasteiger charge is 2.22. The molecule has 1 aliphatic rings. The van der Waals surface area contributed by atoms with Gasteiger partial charge in [0.25, 0.3) is 0 Å². The normalized spacial score (nSPS) is 18.5. The Morgan fingerprint density at radius 2 is 2.06 bits per heavy atom. The zero-order valence-corrected chi connectivity index (χ0v) is 20.2. The summed E-state index contributed by atoms with van der Waals surface area (Å²) in [6, 6.07) is 4.13. The van der Waals surface area contributed by atoms with Gasteiger partial charge >= 0.3 is 0 Å². The first kappa shape index (κ1) is 25.9. The number of nitrogens with zero attached hydrogens (tertiary/aromatic N) is 4. The molecule has 0 radical (unpaired) electrons. The van der Waals surface area contributed by atoms with Crippen LogP contribution < -0.4 is 5.32 Å². The molecule has 2 aromatic heterocycles. The van der Waals surface area contributed by atoms with E-state index in [-0.39, 0.29) is 37.0 Å². The fourth-order valence-electron chi connectivity index (χ4n) is 4.22. The van der Waals surface area contributed by atoms with Crippen LogP contribution in [-0.2, 0) is 13.1 Å². The minimum Gasteiger partial charge on any atom is -0.392 e. The lowest BCUT2D eigenvalue weighted by molar-refractivity contribution is 0.0909. The average Bonchev–Trinajstić information content (AvgIpc) is 3.34. The topological polar surface area (TPSA) is 67.9 Å². The van der Waals surface area contributed by atoms with Crippen molar-refractivity contribution in [2.75, 3.05) is 6.54 Å². The summed E-state index contributed by atoms with van der Waals surface area (Å²) in [6.07, 6.45) is 11.8. The molecule has 31 heavy (non-hydrogen) atoms. The van der Waals surface area contributed by atoms with Crippen LogP contribution in [-0.4, -0.2) is 43.1 Å². The minimum absolute atomic E-state index is 0. The lowest BCUT2D eigenvalue weighted by atomic mass is 9.97. The standard InChI is InChI=1S/C22H30ClN5O.2ClH/c1-2-3-10-28-14-16(13-26-28)18-11-17(23)12-20-22(18)27(15-25-20)9-5-6-19-21(29)7-4-8-24-19;;/h11-15,19,21,24,29H,2-10H2,1H3;2*1H/t19-,21+;;/m1../s1. The van der Waals surface area contributed by atoms with Gasteiger partial charge in [-0.15, -0.1) is 24.8 Å². The minimum atomic E-state index is -0.230. The molecule has 3 heterocycles. The fourth-order valence-corrected chi connectivity index (χ4v) is 4.43. The molecule has 3 aromatic rings. The van der Waals surface area contributed by atoms with Gasteiger partial charge in [0.2, 0.25) is 0 Å². The van der Waals surface area contributed by atoms with Gasteiger partial charge in [-0.1, -0.05) is 24.9 Å². The Morgan fingerprint density at radius 3 is 2.84 bits per heavy atom. The van der Waals surface area contributed by atoms with Crippen molar-refractivity contribution in [2.24, 2.45) is 0 Å². The number of aryl methyl sites for hydroxylation is 2. The SMILES string of the molecule is CCCCn1cc(-c2cc(Cl)cc3ncn(CCC[C@H]4NCCC[C@@H]4O)c23)cn1.Cl.Cl. The highest BCUT2D eigenvalue weighted by atomic mass is 35.5. The maximum atomic E-state index is 10.2. The Hall–Kier alpha value is -1.31. The van der Waals surface area contributed by atoms with Crippen molar-refractivity contribution in [3.63, 3.8) is 0 Å². The third kappa shape index (κ3) is 6.14. The number of hydrogen-bond acceptors (Lipinski definition) is 4. The number of nitrogens with one attached hydrogen (secondary N) is 1. The van der Waals surface area contributed by atoms with Crippen molar-refractivity contribution in [3.8, 4) is 11.1 Å². The molecule has 0 aliphatic carbocycles. The molecule has 0 spiro atoms. The van der Waals surface area contributed by atoms with Crippen molar-refractivity contribution >= 4 is 47.4 Å². The Balaban J connectivity index is 0.00000171. The van der Waals surface area contributed by atoms with Crippen molar-refractivity contribution < 1.29 is 5.11 Å². The predicted octanol–water partition coefficient (Wildman–Crippen LogP) is 5.09. The van der Waals surface area contributed by atoms with E-state index < -0.39 is 0 Å². The van der Waals surface area contributed by atoms with E-state index in [4.69, 9.17) is 11.6 Å². The molecule has 1 aromatic carbocycles. The van der Waals surface area contributed by atoms with Crippen LogP contribution >= 0.6 is 36.4 Å². The van der Waals surface area contributed by atoms with E-state index >= 15 is 0 Å². The van der Waals surface area contributed by atoms with Crippen LogP contribution in [0.1, 0.15) is 45.4 Å². The Bertz CT molecular complexity index is 958. The van der Waals surface area contributed by atoms with E-state index in [0.717, 1.165) is 80.3 Å². The number of aromatic nitrogens is 4. The summed E-state index contributed by atoms with van der Waals surface area (Å²) in [5.41, 5.74) is 4.15. The number of unbranched alkanes of at least 4 members (excludes halogenated alkanes) is 1. The quantitative estimate of drug-likeness (QED) is 0.463. The maximum Gasteiger partial charge on any atom is 0.0958 e. The van der Waals surface area contributed by atoms with Crippen LogP contribution in [0.5, 0.6) is 0 Å². The van der Waals surface area contributed by atoms with E-state index in [1.807, 2.05) is 29.3 Å². The molecular weight excluding hydrogens is 457 g/mol. The Morgan fingerprint density at radius 1 is 1.23 bits per heavy atom. The van der Waals surface area contributed by atoms with E-state index in [0.29, 0.717) is 5.02 Å². The summed E-state index contributed by atoms with van der Waals surface area (Å²) in [6.45, 7) is 4.97. The molecule has 4 rings (SSSR count). The molecule has 1 aliphatic heterocycles. The van der Waals surface area contributed by atoms with E-state index in [1.54, 1.807) is 0 Å². The molecule has 9 heteroatoms. The first-order valence-electron chi connectivity index (χ1n) is 10.7. The first-order valence-corrected chi connectivity index (χ1v) is 11.1. The predicted molar refractivity (Wildman–Crippen MR) is 132 cm³/mol. The van der Waals surface area contributed by atoms with Crippen LogP contribution in [0.15, 0.2) is 30.9 Å². The second-order valence-electron chi connectivity index (χ2n) is 8.02. The summed E-state index contributed by atoms with van der Waals surface area (Å²) in [4.78, 5) is 4.59. The number of imidazole rings is 1. The van der Waals surface area contributed by atoms with Crippen LogP contribution in [0.2, 0.25) is 5.02 Å². The summed E-state index contributed by atoms with van der Waals surface area (Å²) in [5, 5.41) is 18.8. The van der Waals surface area contributed by atoms with Crippen molar-refractivity contribution in [1.82, 2.24) is 24.6 Å². The molecule has 2 atom stereocenters. The summed E-state index contributed by atoms with van der Waals surface area (Å²) in [7, 11) is 0. The van der Waals surface area contributed by atoms with E-state index in [9.17, 15) is 5.11 Å². The second kappa shape index (κ2) is 12.1. The van der Waals surface area contributed by atoms with E-state index in [2.05, 4.69) is 33.1 Å². The Kier molecular flexibility index (Phi) is 10.1. The molecule has 0 amide bonds. The molecule has 0 saturated carbocycles. The monoisotopic (exact) mass is 487 g/mol. The number of hydrogen-bond donors (Lipinski definition) is 2. The van der Waals surface area contributed by atoms with Crippen LogP contribution in [0.3, 0.4) is 0 Å². The van der Waals surface area contributed by atoms with Crippen LogP contribution in [0.4, 0.5) is 0 Å². The number of halogens is 3. The van der Waals surface area contributed by atoms with Crippen molar-refractivity contribution in [1.29, 1.82) is 0 Å². The summed E-state index contributed by atoms with van der Waals surface area (Å²) < 4.78 is 4.21. The van der Waals surface area contributed by atoms with E-state index in [1.165, 1.54) is 0 Å². The van der Waals surface area contributed by atoms with Crippen molar-refractivity contribution in [3.05, 3.63) is 35.9 Å². The molecular formula is C22H32Cl3N5O. The third-order valence-electron chi connectivity index (χ3n) is 5.82. The lowest BCUT2D eigenvalue weighted by Crippen LogP contribution is -2.44. The van der Waals surface area contributed by atoms with Gasteiger partial charge in [0, 0.05) is 41.5 Å². The second-order valence-corrected chi connectivity index (χ2v) is 8.45. The largest absolute Gasteiger partial charge is 0.392 e. The smallest absolute Gasteiger partial charge is 0.0958 e. The van der Waals surface area contributed by atoms with Gasteiger partial charge in [-0.2, -0.15) is 5.10 Å². The summed E-state index contributed by atoms with van der Waals surface area (Å²) >= 11 is 6.38. The molecule has 0 bridgehead atoms. The molecule has 172 valence electrons. The van der Waals surface area contributed by atoms with Crippen LogP contribution in [0.25, 0.3) is 22.2 Å². The Labute approximate surface area is 201 Å². The average molecular weight is 489 g/mol. The van der Waals surface area contributed by atoms with Gasteiger partial charge in [0.05, 0.1) is 29.7 Å². The molecule has 2 N–H and O–H groups in total. The van der Waals surface area contributed by atoms with Gasteiger partial charge in [0.1, 0.15) is 0 Å². The maximum absolute atomic E-state index is 10.2. The zero-order valence-electron chi connectivity index (χ0n) is 17.8. The van der Waals surface area contributed by atoms with Gasteiger partial charge in [-0.3, -0.25) is 4.68 Å². The first-order chi connectivity index (χ1) is 14.2. The fraction of sp³-hybridized carbons (Fsp3) is 0.545. The van der Waals surface area contributed by atoms with Gasteiger partial charge < -0.3 is 15.0 Å². The number of rotatable bonds is 8. The molecule has 6 nitrogen and oxygen atoms in total. The number of piperidine rings is 1. The highest BCUT2D eigenvalue weighted by molar-refractivity contribution is 6.31. The molecule has 0 unspecified atom stereocenters. The number of aliphatic hydroxyl groups is 1. The highest BCUT2D eigenvalue weighted by Crippen LogP contribution is 2.32.